The van der Waals surface area contributed by atoms with E-state index in [1.54, 1.807) is 0 Å². The van der Waals surface area contributed by atoms with Crippen molar-refractivity contribution in [3.8, 4) is 0 Å². The molecule has 0 saturated heterocycles. The summed E-state index contributed by atoms with van der Waals surface area (Å²) in [6.45, 7) is 0. The highest BCUT2D eigenvalue weighted by molar-refractivity contribution is 9.11. The van der Waals surface area contributed by atoms with Crippen LogP contribution in [0.1, 0.15) is 48.2 Å². The predicted octanol–water partition coefficient (Wildman–Crippen LogP) is 6.16. The molecule has 0 spiro atoms. The first kappa shape index (κ1) is 12.4. The molecule has 4 fully saturated rings. The van der Waals surface area contributed by atoms with Gasteiger partial charge in [-0.15, -0.1) is 11.3 Å². The quantitative estimate of drug-likeness (QED) is 0.531. The van der Waals surface area contributed by atoms with Gasteiger partial charge in [0.2, 0.25) is 0 Å². The van der Waals surface area contributed by atoms with E-state index in [9.17, 15) is 0 Å². The van der Waals surface area contributed by atoms with Gasteiger partial charge in [0.15, 0.2) is 0 Å². The van der Waals surface area contributed by atoms with Crippen LogP contribution in [0, 0.1) is 23.2 Å². The van der Waals surface area contributed by atoms with E-state index in [2.05, 4.69) is 44.0 Å². The molecule has 4 aliphatic rings. The fourth-order valence-corrected chi connectivity index (χ4v) is 7.79. The zero-order valence-electron chi connectivity index (χ0n) is 10.4. The Kier molecular flexibility index (Phi) is 2.98. The number of thiophene rings is 1. The number of halogens is 2. The topological polar surface area (TPSA) is 0 Å². The highest BCUT2D eigenvalue weighted by atomic mass is 79.9. The van der Waals surface area contributed by atoms with Crippen LogP contribution in [0.25, 0.3) is 0 Å². The van der Waals surface area contributed by atoms with E-state index in [4.69, 9.17) is 0 Å². The summed E-state index contributed by atoms with van der Waals surface area (Å²) in [4.78, 5) is 2.12. The van der Waals surface area contributed by atoms with Gasteiger partial charge in [0.1, 0.15) is 0 Å². The van der Waals surface area contributed by atoms with Crippen LogP contribution in [0.2, 0.25) is 0 Å². The summed E-state index contributed by atoms with van der Waals surface area (Å²) in [7, 11) is 0. The van der Waals surface area contributed by atoms with Crippen molar-refractivity contribution >= 4 is 43.2 Å². The molecule has 1 heterocycles. The molecule has 0 aromatic carbocycles. The molecule has 5 rings (SSSR count). The molecule has 0 nitrogen and oxygen atoms in total. The minimum absolute atomic E-state index is 0.582. The smallest absolute Gasteiger partial charge is 0.0701 e. The molecular formula is C15H18Br2S. The van der Waals surface area contributed by atoms with Gasteiger partial charge in [-0.2, -0.15) is 0 Å². The van der Waals surface area contributed by atoms with Crippen molar-refractivity contribution in [1.82, 2.24) is 0 Å². The van der Waals surface area contributed by atoms with Crippen molar-refractivity contribution in [1.29, 1.82) is 0 Å². The van der Waals surface area contributed by atoms with Crippen molar-refractivity contribution in [2.45, 2.75) is 43.4 Å². The molecular weight excluding hydrogens is 372 g/mol. The van der Waals surface area contributed by atoms with Crippen molar-refractivity contribution < 1.29 is 0 Å². The third kappa shape index (κ3) is 1.88. The number of hydrogen-bond acceptors (Lipinski definition) is 1. The minimum Gasteiger partial charge on any atom is -0.132 e. The zero-order chi connectivity index (χ0) is 12.3. The summed E-state index contributed by atoms with van der Waals surface area (Å²) < 4.78 is 1.27. The molecule has 98 valence electrons. The lowest BCUT2D eigenvalue weighted by Gasteiger charge is -2.58. The summed E-state index contributed by atoms with van der Waals surface area (Å²) in [6, 6.07) is 4.52. The highest BCUT2D eigenvalue weighted by Gasteiger charge is 2.54. The third-order valence-corrected chi connectivity index (χ3v) is 8.92. The standard InChI is InChI=1S/C15H18Br2S/c16-13-2-1-12(18-13)14(17)15-6-9-3-10(7-15)5-11(4-9)8-15/h1-2,9-11,14H,3-8H2. The zero-order valence-corrected chi connectivity index (χ0v) is 14.4. The van der Waals surface area contributed by atoms with Crippen molar-refractivity contribution in [3.05, 3.63) is 20.8 Å². The molecule has 0 N–H and O–H groups in total. The van der Waals surface area contributed by atoms with E-state index < -0.39 is 0 Å². The number of hydrogen-bond donors (Lipinski definition) is 0. The Labute approximate surface area is 130 Å². The Morgan fingerprint density at radius 1 is 1.06 bits per heavy atom. The Morgan fingerprint density at radius 3 is 2.06 bits per heavy atom. The second-order valence-corrected chi connectivity index (χ2v) is 10.2. The summed E-state index contributed by atoms with van der Waals surface area (Å²) in [5, 5.41) is 0. The Morgan fingerprint density at radius 2 is 1.61 bits per heavy atom. The van der Waals surface area contributed by atoms with Crippen LogP contribution in [0.4, 0.5) is 0 Å². The largest absolute Gasteiger partial charge is 0.132 e. The van der Waals surface area contributed by atoms with E-state index in [1.165, 1.54) is 47.2 Å². The lowest BCUT2D eigenvalue weighted by molar-refractivity contribution is -0.0524. The van der Waals surface area contributed by atoms with Crippen LogP contribution >= 0.6 is 43.2 Å². The molecule has 0 aliphatic heterocycles. The molecule has 0 radical (unpaired) electrons. The fraction of sp³-hybridized carbons (Fsp3) is 0.733. The van der Waals surface area contributed by atoms with Crippen molar-refractivity contribution in [3.63, 3.8) is 0 Å². The second-order valence-electron chi connectivity index (χ2n) is 6.78. The van der Waals surface area contributed by atoms with Crippen molar-refractivity contribution in [2.75, 3.05) is 0 Å². The fourth-order valence-electron chi connectivity index (χ4n) is 5.25. The van der Waals surface area contributed by atoms with Gasteiger partial charge in [-0.1, -0.05) is 15.9 Å². The molecule has 4 saturated carbocycles. The molecule has 1 aromatic heterocycles. The Hall–Kier alpha value is 0.660. The van der Waals surface area contributed by atoms with Gasteiger partial charge < -0.3 is 0 Å². The van der Waals surface area contributed by atoms with Gasteiger partial charge >= 0.3 is 0 Å². The van der Waals surface area contributed by atoms with Crippen LogP contribution in [0.15, 0.2) is 15.9 Å². The maximum absolute atomic E-state index is 4.08. The molecule has 1 unspecified atom stereocenters. The summed E-state index contributed by atoms with van der Waals surface area (Å²) in [5.41, 5.74) is 0.582. The summed E-state index contributed by atoms with van der Waals surface area (Å²) >= 11 is 9.60. The first-order valence-corrected chi connectivity index (χ1v) is 9.56. The molecule has 18 heavy (non-hydrogen) atoms. The minimum atomic E-state index is 0.582. The van der Waals surface area contributed by atoms with Gasteiger partial charge in [0, 0.05) is 4.88 Å². The number of alkyl halides is 1. The van der Waals surface area contributed by atoms with Crippen molar-refractivity contribution in [2.24, 2.45) is 23.2 Å². The van der Waals surface area contributed by atoms with E-state index >= 15 is 0 Å². The van der Waals surface area contributed by atoms with E-state index in [1.807, 2.05) is 11.3 Å². The van der Waals surface area contributed by atoms with E-state index in [0.29, 0.717) is 10.2 Å². The van der Waals surface area contributed by atoms with Gasteiger partial charge in [-0.3, -0.25) is 0 Å². The monoisotopic (exact) mass is 388 g/mol. The lowest BCUT2D eigenvalue weighted by atomic mass is 9.49. The average molecular weight is 390 g/mol. The van der Waals surface area contributed by atoms with Gasteiger partial charge in [-0.25, -0.2) is 0 Å². The summed E-state index contributed by atoms with van der Waals surface area (Å²) in [5.74, 6) is 3.12. The third-order valence-electron chi connectivity index (χ3n) is 5.47. The van der Waals surface area contributed by atoms with Gasteiger partial charge in [0.05, 0.1) is 8.61 Å². The first-order chi connectivity index (χ1) is 8.64. The molecule has 4 aliphatic carbocycles. The van der Waals surface area contributed by atoms with Gasteiger partial charge in [0.25, 0.3) is 0 Å². The molecule has 4 bridgehead atoms. The molecule has 0 amide bonds. The first-order valence-electron chi connectivity index (χ1n) is 7.04. The second kappa shape index (κ2) is 4.33. The van der Waals surface area contributed by atoms with Gasteiger partial charge in [-0.05, 0) is 89.8 Å². The SMILES string of the molecule is Brc1ccc(C(Br)C23CC4CC(CC(C4)C2)C3)s1. The van der Waals surface area contributed by atoms with E-state index in [-0.39, 0.29) is 0 Å². The van der Waals surface area contributed by atoms with E-state index in [0.717, 1.165) is 17.8 Å². The average Bonchev–Trinajstić information content (AvgIpc) is 2.73. The summed E-state index contributed by atoms with van der Waals surface area (Å²) in [6.07, 6.45) is 9.03. The predicted molar refractivity (Wildman–Crippen MR) is 84.3 cm³/mol. The Bertz CT molecular complexity index is 430. The van der Waals surface area contributed by atoms with Crippen LogP contribution in [-0.2, 0) is 0 Å². The normalized spacial score (nSPS) is 43.3. The lowest BCUT2D eigenvalue weighted by Crippen LogP contribution is -2.47. The highest BCUT2D eigenvalue weighted by Crippen LogP contribution is 2.66. The van der Waals surface area contributed by atoms with Crippen LogP contribution < -0.4 is 0 Å². The maximum Gasteiger partial charge on any atom is 0.0701 e. The number of rotatable bonds is 2. The van der Waals surface area contributed by atoms with Crippen LogP contribution in [0.3, 0.4) is 0 Å². The molecule has 1 atom stereocenters. The molecule has 1 aromatic rings. The molecule has 3 heteroatoms. The maximum atomic E-state index is 4.08. The Balaban J connectivity index is 1.67. The van der Waals surface area contributed by atoms with Crippen LogP contribution in [0.5, 0.6) is 0 Å². The van der Waals surface area contributed by atoms with Crippen LogP contribution in [-0.4, -0.2) is 0 Å².